The van der Waals surface area contributed by atoms with Gasteiger partial charge in [0.25, 0.3) is 0 Å². The molecule has 0 atom stereocenters. The van der Waals surface area contributed by atoms with Gasteiger partial charge in [0.15, 0.2) is 0 Å². The number of sulfonamides is 1. The van der Waals surface area contributed by atoms with Gasteiger partial charge < -0.3 is 14.8 Å². The van der Waals surface area contributed by atoms with E-state index in [-0.39, 0.29) is 24.2 Å². The normalized spacial score (nSPS) is 15.8. The van der Waals surface area contributed by atoms with Crippen molar-refractivity contribution in [3.05, 3.63) is 18.2 Å². The molecule has 0 bridgehead atoms. The smallest absolute Gasteiger partial charge is 0.240 e. The van der Waals surface area contributed by atoms with E-state index in [1.807, 2.05) is 0 Å². The van der Waals surface area contributed by atoms with Crippen molar-refractivity contribution in [1.29, 1.82) is 0 Å². The Labute approximate surface area is 155 Å². The van der Waals surface area contributed by atoms with Crippen LogP contribution >= 0.6 is 0 Å². The van der Waals surface area contributed by atoms with Crippen LogP contribution in [0.15, 0.2) is 18.2 Å². The molecule has 0 spiro atoms. The molecular formula is C18H28N2O5S. The number of amides is 1. The Morgan fingerprint density at radius 3 is 2.35 bits per heavy atom. The van der Waals surface area contributed by atoms with Gasteiger partial charge in [-0.25, -0.2) is 8.42 Å². The Balaban J connectivity index is 2.21. The van der Waals surface area contributed by atoms with Crippen LogP contribution < -0.4 is 19.1 Å². The number of carbonyl (C=O) groups excluding carboxylic acids is 1. The summed E-state index contributed by atoms with van der Waals surface area (Å²) in [6.45, 7) is -0.293. The second kappa shape index (κ2) is 9.12. The lowest BCUT2D eigenvalue weighted by atomic mass is 10.1. The first-order chi connectivity index (χ1) is 12.3. The van der Waals surface area contributed by atoms with Gasteiger partial charge in [0.05, 0.1) is 26.2 Å². The second-order valence-electron chi connectivity index (χ2n) is 6.56. The third-order valence-corrected chi connectivity index (χ3v) is 5.69. The molecule has 8 heteroatoms. The molecule has 1 fully saturated rings. The van der Waals surface area contributed by atoms with E-state index in [2.05, 4.69) is 5.32 Å². The van der Waals surface area contributed by atoms with E-state index < -0.39 is 10.0 Å². The van der Waals surface area contributed by atoms with Crippen molar-refractivity contribution in [2.75, 3.05) is 31.3 Å². The van der Waals surface area contributed by atoms with Gasteiger partial charge in [0, 0.05) is 12.1 Å². The number of nitrogens with zero attached hydrogens (tertiary/aromatic N) is 1. The molecule has 1 N–H and O–H groups in total. The fourth-order valence-electron chi connectivity index (χ4n) is 3.20. The molecule has 0 aliphatic heterocycles. The number of nitrogens with one attached hydrogen (secondary N) is 1. The fraction of sp³-hybridized carbons (Fsp3) is 0.611. The van der Waals surface area contributed by atoms with Crippen molar-refractivity contribution in [3.63, 3.8) is 0 Å². The highest BCUT2D eigenvalue weighted by Crippen LogP contribution is 2.33. The SMILES string of the molecule is COc1ccc(OC)c(N(CC(=O)NC2CCCCCC2)S(C)(=O)=O)c1. The van der Waals surface area contributed by atoms with E-state index in [4.69, 9.17) is 9.47 Å². The topological polar surface area (TPSA) is 84.9 Å². The van der Waals surface area contributed by atoms with E-state index in [1.165, 1.54) is 27.1 Å². The van der Waals surface area contributed by atoms with Crippen molar-refractivity contribution in [1.82, 2.24) is 5.32 Å². The lowest BCUT2D eigenvalue weighted by Crippen LogP contribution is -2.44. The first kappa shape index (κ1) is 20.4. The van der Waals surface area contributed by atoms with Gasteiger partial charge >= 0.3 is 0 Å². The van der Waals surface area contributed by atoms with Gasteiger partial charge in [-0.1, -0.05) is 25.7 Å². The summed E-state index contributed by atoms with van der Waals surface area (Å²) >= 11 is 0. The molecule has 1 aromatic carbocycles. The molecule has 146 valence electrons. The van der Waals surface area contributed by atoms with Crippen LogP contribution in [0, 0.1) is 0 Å². The van der Waals surface area contributed by atoms with Crippen molar-refractivity contribution in [2.24, 2.45) is 0 Å². The summed E-state index contributed by atoms with van der Waals surface area (Å²) in [4.78, 5) is 12.5. The standard InChI is InChI=1S/C18H28N2O5S/c1-24-15-10-11-17(25-2)16(12-15)20(26(3,22)23)13-18(21)19-14-8-6-4-5-7-9-14/h10-12,14H,4-9,13H2,1-3H3,(H,19,21). The van der Waals surface area contributed by atoms with Crippen LogP contribution in [0.3, 0.4) is 0 Å². The average Bonchev–Trinajstić information content (AvgIpc) is 2.86. The van der Waals surface area contributed by atoms with Crippen molar-refractivity contribution in [3.8, 4) is 11.5 Å². The predicted octanol–water partition coefficient (Wildman–Crippen LogP) is 2.31. The number of carbonyl (C=O) groups is 1. The molecule has 1 amide bonds. The number of hydrogen-bond donors (Lipinski definition) is 1. The maximum absolute atomic E-state index is 12.5. The molecular weight excluding hydrogens is 356 g/mol. The summed E-state index contributed by atoms with van der Waals surface area (Å²) in [5.74, 6) is 0.532. The summed E-state index contributed by atoms with van der Waals surface area (Å²) in [6.07, 6.45) is 7.49. The minimum atomic E-state index is -3.68. The molecule has 7 nitrogen and oxygen atoms in total. The number of hydrogen-bond acceptors (Lipinski definition) is 5. The Morgan fingerprint density at radius 2 is 1.81 bits per heavy atom. The van der Waals surface area contributed by atoms with E-state index in [0.29, 0.717) is 11.5 Å². The summed E-state index contributed by atoms with van der Waals surface area (Å²) in [6, 6.07) is 4.96. The van der Waals surface area contributed by atoms with Gasteiger partial charge in [0.2, 0.25) is 15.9 Å². The predicted molar refractivity (Wildman–Crippen MR) is 101 cm³/mol. The van der Waals surface area contributed by atoms with Gasteiger partial charge in [-0.3, -0.25) is 9.10 Å². The lowest BCUT2D eigenvalue weighted by Gasteiger charge is -2.25. The molecule has 1 aromatic rings. The number of benzene rings is 1. The molecule has 1 aliphatic rings. The Morgan fingerprint density at radius 1 is 1.15 bits per heavy atom. The molecule has 0 unspecified atom stereocenters. The summed E-state index contributed by atoms with van der Waals surface area (Å²) in [5, 5.41) is 2.98. The molecule has 1 aliphatic carbocycles. The molecule has 0 saturated heterocycles. The highest BCUT2D eigenvalue weighted by molar-refractivity contribution is 7.92. The number of methoxy groups -OCH3 is 2. The monoisotopic (exact) mass is 384 g/mol. The molecule has 26 heavy (non-hydrogen) atoms. The molecule has 0 heterocycles. The van der Waals surface area contributed by atoms with Crippen LogP contribution in [0.5, 0.6) is 11.5 Å². The van der Waals surface area contributed by atoms with E-state index in [9.17, 15) is 13.2 Å². The maximum Gasteiger partial charge on any atom is 0.240 e. The Bertz CT molecular complexity index is 712. The van der Waals surface area contributed by atoms with Crippen LogP contribution in [0.4, 0.5) is 5.69 Å². The molecule has 1 saturated carbocycles. The van der Waals surface area contributed by atoms with Crippen LogP contribution in [-0.4, -0.2) is 47.4 Å². The van der Waals surface area contributed by atoms with E-state index >= 15 is 0 Å². The average molecular weight is 384 g/mol. The molecule has 2 rings (SSSR count). The first-order valence-corrected chi connectivity index (χ1v) is 10.7. The summed E-state index contributed by atoms with van der Waals surface area (Å²) in [5.41, 5.74) is 0.283. The number of ether oxygens (including phenoxy) is 2. The van der Waals surface area contributed by atoms with Crippen LogP contribution in [0.2, 0.25) is 0 Å². The van der Waals surface area contributed by atoms with Gasteiger partial charge in [-0.05, 0) is 25.0 Å². The quantitative estimate of drug-likeness (QED) is 0.729. The Kier molecular flexibility index (Phi) is 7.14. The van der Waals surface area contributed by atoms with E-state index in [1.54, 1.807) is 18.2 Å². The largest absolute Gasteiger partial charge is 0.497 e. The van der Waals surface area contributed by atoms with Gasteiger partial charge in [-0.15, -0.1) is 0 Å². The first-order valence-electron chi connectivity index (χ1n) is 8.84. The summed E-state index contributed by atoms with van der Waals surface area (Å²) in [7, 11) is -0.731. The molecule has 0 radical (unpaired) electrons. The zero-order chi connectivity index (χ0) is 19.2. The minimum Gasteiger partial charge on any atom is -0.497 e. The Hall–Kier alpha value is -1.96. The second-order valence-corrected chi connectivity index (χ2v) is 8.47. The van der Waals surface area contributed by atoms with Crippen molar-refractivity contribution < 1.29 is 22.7 Å². The third kappa shape index (κ3) is 5.52. The minimum absolute atomic E-state index is 0.110. The van der Waals surface area contributed by atoms with Crippen LogP contribution in [-0.2, 0) is 14.8 Å². The molecule has 0 aromatic heterocycles. The highest BCUT2D eigenvalue weighted by Gasteiger charge is 2.26. The van der Waals surface area contributed by atoms with Crippen molar-refractivity contribution >= 4 is 21.6 Å². The lowest BCUT2D eigenvalue weighted by molar-refractivity contribution is -0.120. The third-order valence-electron chi connectivity index (χ3n) is 4.56. The van der Waals surface area contributed by atoms with Gasteiger partial charge in [0.1, 0.15) is 18.0 Å². The van der Waals surface area contributed by atoms with Gasteiger partial charge in [-0.2, -0.15) is 0 Å². The zero-order valence-corrected chi connectivity index (χ0v) is 16.5. The van der Waals surface area contributed by atoms with E-state index in [0.717, 1.165) is 36.2 Å². The number of anilines is 1. The number of rotatable bonds is 7. The van der Waals surface area contributed by atoms with Crippen LogP contribution in [0.25, 0.3) is 0 Å². The summed E-state index contributed by atoms with van der Waals surface area (Å²) < 4.78 is 36.2. The highest BCUT2D eigenvalue weighted by atomic mass is 32.2. The maximum atomic E-state index is 12.5. The zero-order valence-electron chi connectivity index (χ0n) is 15.7. The fourth-order valence-corrected chi connectivity index (χ4v) is 4.05. The van der Waals surface area contributed by atoms with Crippen LogP contribution in [0.1, 0.15) is 38.5 Å². The van der Waals surface area contributed by atoms with Crippen molar-refractivity contribution in [2.45, 2.75) is 44.6 Å².